The van der Waals surface area contributed by atoms with Crippen LogP contribution in [0.25, 0.3) is 0 Å². The molecule has 17 heavy (non-hydrogen) atoms. The van der Waals surface area contributed by atoms with Gasteiger partial charge in [0.1, 0.15) is 0 Å². The molecule has 0 saturated heterocycles. The van der Waals surface area contributed by atoms with E-state index in [2.05, 4.69) is 10.1 Å². The van der Waals surface area contributed by atoms with Crippen molar-refractivity contribution < 1.29 is 4.52 Å². The maximum Gasteiger partial charge on any atom is 0.233 e. The van der Waals surface area contributed by atoms with Gasteiger partial charge < -0.3 is 4.52 Å². The van der Waals surface area contributed by atoms with Crippen molar-refractivity contribution in [1.29, 1.82) is 0 Å². The fourth-order valence-corrected chi connectivity index (χ4v) is 1.71. The molecule has 0 aliphatic carbocycles. The Balaban J connectivity index is 2.20. The standard InChI is InChI=1S/C13H15ClN2O/c1-3-11(14)12-15-13(17-16-12)9(2)10-7-5-4-6-8-10/h4-9,11H,3H2,1-2H3. The van der Waals surface area contributed by atoms with Crippen LogP contribution in [0, 0.1) is 0 Å². The zero-order valence-electron chi connectivity index (χ0n) is 9.93. The molecule has 0 amide bonds. The zero-order chi connectivity index (χ0) is 12.3. The number of benzene rings is 1. The van der Waals surface area contributed by atoms with Crippen LogP contribution in [-0.2, 0) is 0 Å². The van der Waals surface area contributed by atoms with Gasteiger partial charge in [-0.25, -0.2) is 0 Å². The number of aromatic nitrogens is 2. The number of hydrogen-bond acceptors (Lipinski definition) is 3. The van der Waals surface area contributed by atoms with Gasteiger partial charge in [-0.3, -0.25) is 0 Å². The predicted molar refractivity (Wildman–Crippen MR) is 67.1 cm³/mol. The summed E-state index contributed by atoms with van der Waals surface area (Å²) in [6, 6.07) is 10.1. The van der Waals surface area contributed by atoms with Crippen molar-refractivity contribution in [3.05, 3.63) is 47.6 Å². The van der Waals surface area contributed by atoms with E-state index in [4.69, 9.17) is 16.1 Å². The summed E-state index contributed by atoms with van der Waals surface area (Å²) in [5.74, 6) is 1.29. The van der Waals surface area contributed by atoms with Gasteiger partial charge in [-0.2, -0.15) is 4.98 Å². The third-order valence-corrected chi connectivity index (χ3v) is 3.27. The first-order chi connectivity index (χ1) is 8.22. The molecule has 3 nitrogen and oxygen atoms in total. The molecule has 90 valence electrons. The molecule has 0 aliphatic rings. The van der Waals surface area contributed by atoms with Crippen molar-refractivity contribution in [1.82, 2.24) is 10.1 Å². The van der Waals surface area contributed by atoms with Crippen molar-refractivity contribution >= 4 is 11.6 Å². The normalized spacial score (nSPS) is 14.5. The van der Waals surface area contributed by atoms with Crippen LogP contribution in [-0.4, -0.2) is 10.1 Å². The van der Waals surface area contributed by atoms with E-state index >= 15 is 0 Å². The van der Waals surface area contributed by atoms with E-state index < -0.39 is 0 Å². The Kier molecular flexibility index (Phi) is 3.79. The van der Waals surface area contributed by atoms with Crippen molar-refractivity contribution in [2.24, 2.45) is 0 Å². The largest absolute Gasteiger partial charge is 0.339 e. The number of nitrogens with zero attached hydrogens (tertiary/aromatic N) is 2. The molecule has 0 radical (unpaired) electrons. The van der Waals surface area contributed by atoms with E-state index in [0.29, 0.717) is 11.7 Å². The number of alkyl halides is 1. The highest BCUT2D eigenvalue weighted by atomic mass is 35.5. The maximum absolute atomic E-state index is 6.07. The molecular weight excluding hydrogens is 236 g/mol. The fraction of sp³-hybridized carbons (Fsp3) is 0.385. The van der Waals surface area contributed by atoms with Crippen LogP contribution in [0.3, 0.4) is 0 Å². The monoisotopic (exact) mass is 250 g/mol. The van der Waals surface area contributed by atoms with Crippen LogP contribution >= 0.6 is 11.6 Å². The van der Waals surface area contributed by atoms with E-state index in [1.807, 2.05) is 44.2 Å². The topological polar surface area (TPSA) is 38.9 Å². The molecule has 1 heterocycles. The molecule has 2 unspecified atom stereocenters. The third kappa shape index (κ3) is 2.67. The molecule has 0 saturated carbocycles. The minimum Gasteiger partial charge on any atom is -0.339 e. The first kappa shape index (κ1) is 12.1. The minimum atomic E-state index is -0.171. The summed E-state index contributed by atoms with van der Waals surface area (Å²) < 4.78 is 5.26. The molecule has 0 N–H and O–H groups in total. The third-order valence-electron chi connectivity index (χ3n) is 2.77. The lowest BCUT2D eigenvalue weighted by molar-refractivity contribution is 0.365. The summed E-state index contributed by atoms with van der Waals surface area (Å²) >= 11 is 6.07. The SMILES string of the molecule is CCC(Cl)c1noc(C(C)c2ccccc2)n1. The highest BCUT2D eigenvalue weighted by Crippen LogP contribution is 2.26. The van der Waals surface area contributed by atoms with E-state index in [1.165, 1.54) is 0 Å². The molecule has 2 aromatic rings. The van der Waals surface area contributed by atoms with E-state index in [1.54, 1.807) is 0 Å². The minimum absolute atomic E-state index is 0.0955. The van der Waals surface area contributed by atoms with Crippen molar-refractivity contribution in [3.63, 3.8) is 0 Å². The first-order valence-corrected chi connectivity index (χ1v) is 6.18. The number of hydrogen-bond donors (Lipinski definition) is 0. The van der Waals surface area contributed by atoms with Gasteiger partial charge in [0.2, 0.25) is 5.89 Å². The Morgan fingerprint density at radius 1 is 1.29 bits per heavy atom. The Labute approximate surface area is 106 Å². The Bertz CT molecular complexity index is 469. The summed E-state index contributed by atoms with van der Waals surface area (Å²) in [6.07, 6.45) is 0.792. The van der Waals surface area contributed by atoms with Gasteiger partial charge in [-0.05, 0) is 18.9 Å². The lowest BCUT2D eigenvalue weighted by Crippen LogP contribution is -1.97. The van der Waals surface area contributed by atoms with Gasteiger partial charge in [0, 0.05) is 0 Å². The summed E-state index contributed by atoms with van der Waals surface area (Å²) in [7, 11) is 0. The van der Waals surface area contributed by atoms with Crippen LogP contribution < -0.4 is 0 Å². The molecule has 0 fully saturated rings. The van der Waals surface area contributed by atoms with Crippen molar-refractivity contribution in [2.45, 2.75) is 31.6 Å². The van der Waals surface area contributed by atoms with E-state index in [-0.39, 0.29) is 11.3 Å². The second-order valence-electron chi connectivity index (χ2n) is 4.00. The highest BCUT2D eigenvalue weighted by molar-refractivity contribution is 6.20. The molecule has 2 atom stereocenters. The summed E-state index contributed by atoms with van der Waals surface area (Å²) in [5, 5.41) is 3.74. The van der Waals surface area contributed by atoms with Crippen LogP contribution in [0.4, 0.5) is 0 Å². The average molecular weight is 251 g/mol. The smallest absolute Gasteiger partial charge is 0.233 e. The van der Waals surface area contributed by atoms with Gasteiger partial charge in [0.05, 0.1) is 11.3 Å². The Morgan fingerprint density at radius 3 is 2.65 bits per heavy atom. The summed E-state index contributed by atoms with van der Waals surface area (Å²) in [5.41, 5.74) is 1.16. The van der Waals surface area contributed by atoms with Gasteiger partial charge in [0.15, 0.2) is 5.82 Å². The molecule has 1 aromatic carbocycles. The van der Waals surface area contributed by atoms with Gasteiger partial charge in [0.25, 0.3) is 0 Å². The molecular formula is C13H15ClN2O. The predicted octanol–water partition coefficient (Wildman–Crippen LogP) is 3.91. The second-order valence-corrected chi connectivity index (χ2v) is 4.53. The zero-order valence-corrected chi connectivity index (χ0v) is 10.7. The maximum atomic E-state index is 6.07. The first-order valence-electron chi connectivity index (χ1n) is 5.75. The molecule has 0 aliphatic heterocycles. The molecule has 1 aromatic heterocycles. The van der Waals surface area contributed by atoms with E-state index in [0.717, 1.165) is 12.0 Å². The van der Waals surface area contributed by atoms with Gasteiger partial charge >= 0.3 is 0 Å². The lowest BCUT2D eigenvalue weighted by atomic mass is 10.0. The van der Waals surface area contributed by atoms with Crippen LogP contribution in [0.1, 0.15) is 48.8 Å². The Hall–Kier alpha value is -1.35. The lowest BCUT2D eigenvalue weighted by Gasteiger charge is -2.05. The van der Waals surface area contributed by atoms with Crippen LogP contribution in [0.15, 0.2) is 34.9 Å². The van der Waals surface area contributed by atoms with Crippen molar-refractivity contribution in [2.75, 3.05) is 0 Å². The average Bonchev–Trinajstić information content (AvgIpc) is 2.87. The summed E-state index contributed by atoms with van der Waals surface area (Å²) in [4.78, 5) is 4.35. The second kappa shape index (κ2) is 5.32. The molecule has 2 rings (SSSR count). The van der Waals surface area contributed by atoms with Gasteiger partial charge in [-0.15, -0.1) is 11.6 Å². The van der Waals surface area contributed by atoms with Crippen molar-refractivity contribution in [3.8, 4) is 0 Å². The molecule has 0 bridgehead atoms. The fourth-order valence-electron chi connectivity index (χ4n) is 1.62. The number of halogens is 1. The Morgan fingerprint density at radius 2 is 2.00 bits per heavy atom. The molecule has 0 spiro atoms. The summed E-state index contributed by atoms with van der Waals surface area (Å²) in [6.45, 7) is 4.04. The van der Waals surface area contributed by atoms with Crippen LogP contribution in [0.5, 0.6) is 0 Å². The number of rotatable bonds is 4. The van der Waals surface area contributed by atoms with Gasteiger partial charge in [-0.1, -0.05) is 42.4 Å². The van der Waals surface area contributed by atoms with E-state index in [9.17, 15) is 0 Å². The molecule has 4 heteroatoms. The highest BCUT2D eigenvalue weighted by Gasteiger charge is 2.19. The quantitative estimate of drug-likeness (QED) is 0.773. The van der Waals surface area contributed by atoms with Crippen LogP contribution in [0.2, 0.25) is 0 Å².